The molecule has 1 amide bonds. The molecule has 1 heterocycles. The molecule has 0 aliphatic carbocycles. The third kappa shape index (κ3) is 3.46. The zero-order valence-electron chi connectivity index (χ0n) is 10.5. The maximum absolute atomic E-state index is 13.1. The van der Waals surface area contributed by atoms with Crippen LogP contribution in [-0.2, 0) is 0 Å². The largest absolute Gasteiger partial charge is 0.409 e. The monoisotopic (exact) mass is 308 g/mol. The van der Waals surface area contributed by atoms with Gasteiger partial charge in [0, 0.05) is 16.8 Å². The fourth-order valence-electron chi connectivity index (χ4n) is 1.63. The van der Waals surface area contributed by atoms with Gasteiger partial charge in [-0.25, -0.2) is 4.39 Å². The third-order valence-corrected chi connectivity index (χ3v) is 2.82. The number of amides is 1. The Hall–Kier alpha value is -2.67. The second-order valence-electron chi connectivity index (χ2n) is 4.02. The summed E-state index contributed by atoms with van der Waals surface area (Å²) in [4.78, 5) is 15.6. The van der Waals surface area contributed by atoms with E-state index < -0.39 is 11.7 Å². The first-order valence-corrected chi connectivity index (χ1v) is 6.08. The molecular weight excluding hydrogens is 299 g/mol. The highest BCUT2D eigenvalue weighted by molar-refractivity contribution is 6.31. The molecule has 6 nitrogen and oxygen atoms in total. The lowest BCUT2D eigenvalue weighted by molar-refractivity contribution is 0.102. The molecule has 0 unspecified atom stereocenters. The van der Waals surface area contributed by atoms with Crippen LogP contribution in [0.2, 0.25) is 5.02 Å². The lowest BCUT2D eigenvalue weighted by Gasteiger charge is -2.10. The van der Waals surface area contributed by atoms with E-state index in [9.17, 15) is 9.18 Å². The van der Waals surface area contributed by atoms with Gasteiger partial charge in [0.1, 0.15) is 5.82 Å². The second-order valence-corrected chi connectivity index (χ2v) is 4.46. The van der Waals surface area contributed by atoms with Crippen molar-refractivity contribution >= 4 is 29.0 Å². The lowest BCUT2D eigenvalue weighted by Crippen LogP contribution is -2.19. The van der Waals surface area contributed by atoms with Crippen LogP contribution in [0.1, 0.15) is 15.9 Å². The molecule has 108 valence electrons. The van der Waals surface area contributed by atoms with E-state index in [2.05, 4.69) is 15.5 Å². The summed E-state index contributed by atoms with van der Waals surface area (Å²) in [6.45, 7) is 0. The second kappa shape index (κ2) is 6.19. The SMILES string of the molecule is N/C(=N/O)c1ccc(Cl)cc1NC(=O)c1cncc(F)c1. The molecule has 21 heavy (non-hydrogen) atoms. The molecule has 0 saturated carbocycles. The zero-order valence-corrected chi connectivity index (χ0v) is 11.3. The smallest absolute Gasteiger partial charge is 0.257 e. The van der Waals surface area contributed by atoms with Crippen LogP contribution in [0.15, 0.2) is 41.8 Å². The van der Waals surface area contributed by atoms with Gasteiger partial charge in [0.2, 0.25) is 0 Å². The average molecular weight is 309 g/mol. The number of rotatable bonds is 3. The fourth-order valence-corrected chi connectivity index (χ4v) is 1.80. The number of pyridine rings is 1. The van der Waals surface area contributed by atoms with Crippen LogP contribution in [0.4, 0.5) is 10.1 Å². The molecule has 0 bridgehead atoms. The summed E-state index contributed by atoms with van der Waals surface area (Å²) < 4.78 is 13.1. The summed E-state index contributed by atoms with van der Waals surface area (Å²) in [6.07, 6.45) is 2.20. The number of nitrogens with one attached hydrogen (secondary N) is 1. The number of halogens is 2. The molecule has 2 aromatic rings. The van der Waals surface area contributed by atoms with E-state index >= 15 is 0 Å². The molecule has 4 N–H and O–H groups in total. The van der Waals surface area contributed by atoms with Crippen molar-refractivity contribution in [3.8, 4) is 0 Å². The van der Waals surface area contributed by atoms with Gasteiger partial charge in [-0.1, -0.05) is 16.8 Å². The summed E-state index contributed by atoms with van der Waals surface area (Å²) in [6, 6.07) is 5.47. The van der Waals surface area contributed by atoms with Crippen molar-refractivity contribution in [1.82, 2.24) is 4.98 Å². The van der Waals surface area contributed by atoms with Gasteiger partial charge in [0.15, 0.2) is 5.84 Å². The van der Waals surface area contributed by atoms with Gasteiger partial charge in [0.25, 0.3) is 5.91 Å². The minimum atomic E-state index is -0.634. The Balaban J connectivity index is 2.35. The predicted molar refractivity (Wildman–Crippen MR) is 76.1 cm³/mol. The number of hydrogen-bond acceptors (Lipinski definition) is 4. The van der Waals surface area contributed by atoms with E-state index in [1.165, 1.54) is 24.4 Å². The first-order chi connectivity index (χ1) is 10.0. The van der Waals surface area contributed by atoms with Crippen LogP contribution in [0.25, 0.3) is 0 Å². The van der Waals surface area contributed by atoms with Gasteiger partial charge >= 0.3 is 0 Å². The molecule has 0 aliphatic rings. The van der Waals surface area contributed by atoms with Gasteiger partial charge in [-0.15, -0.1) is 0 Å². The Bertz CT molecular complexity index is 721. The Morgan fingerprint density at radius 1 is 1.38 bits per heavy atom. The number of oxime groups is 1. The number of aromatic nitrogens is 1. The van der Waals surface area contributed by atoms with Crippen LogP contribution < -0.4 is 11.1 Å². The highest BCUT2D eigenvalue weighted by Gasteiger charge is 2.13. The van der Waals surface area contributed by atoms with Gasteiger partial charge in [-0.3, -0.25) is 9.78 Å². The number of amidine groups is 1. The molecule has 0 fully saturated rings. The minimum absolute atomic E-state index is 0.0282. The molecule has 1 aromatic heterocycles. The summed E-state index contributed by atoms with van der Waals surface area (Å²) >= 11 is 5.85. The van der Waals surface area contributed by atoms with E-state index in [0.29, 0.717) is 5.02 Å². The standard InChI is InChI=1S/C13H10ClFN4O2/c14-8-1-2-10(12(16)19-21)11(4-8)18-13(20)7-3-9(15)6-17-5-7/h1-6,21H,(H2,16,19)(H,18,20). The van der Waals surface area contributed by atoms with Gasteiger partial charge in [-0.05, 0) is 24.3 Å². The van der Waals surface area contributed by atoms with Gasteiger partial charge < -0.3 is 16.3 Å². The topological polar surface area (TPSA) is 101 Å². The summed E-state index contributed by atoms with van der Waals surface area (Å²) in [5.74, 6) is -1.43. The molecule has 0 atom stereocenters. The first-order valence-electron chi connectivity index (χ1n) is 5.70. The number of anilines is 1. The molecule has 0 radical (unpaired) electrons. The summed E-state index contributed by atoms with van der Waals surface area (Å²) in [5, 5.41) is 14.5. The van der Waals surface area contributed by atoms with Crippen LogP contribution in [-0.4, -0.2) is 21.9 Å². The fraction of sp³-hybridized carbons (Fsp3) is 0. The van der Waals surface area contributed by atoms with Crippen LogP contribution >= 0.6 is 11.6 Å². The van der Waals surface area contributed by atoms with Gasteiger partial charge in [-0.2, -0.15) is 0 Å². The van der Waals surface area contributed by atoms with Crippen molar-refractivity contribution in [2.24, 2.45) is 10.9 Å². The molecule has 1 aromatic carbocycles. The molecule has 0 spiro atoms. The van der Waals surface area contributed by atoms with E-state index in [1.807, 2.05) is 0 Å². The molecule has 0 aliphatic heterocycles. The Labute approximate surface area is 124 Å². The van der Waals surface area contributed by atoms with E-state index in [1.54, 1.807) is 0 Å². The van der Waals surface area contributed by atoms with Crippen molar-refractivity contribution in [3.05, 3.63) is 58.6 Å². The summed E-state index contributed by atoms with van der Waals surface area (Å²) in [5.41, 5.74) is 6.05. The van der Waals surface area contributed by atoms with E-state index in [0.717, 1.165) is 12.3 Å². The number of benzene rings is 1. The van der Waals surface area contributed by atoms with E-state index in [4.69, 9.17) is 22.5 Å². The molecule has 0 saturated heterocycles. The zero-order chi connectivity index (χ0) is 15.4. The van der Waals surface area contributed by atoms with Crippen molar-refractivity contribution < 1.29 is 14.4 Å². The van der Waals surface area contributed by atoms with Crippen molar-refractivity contribution in [3.63, 3.8) is 0 Å². The Kier molecular flexibility index (Phi) is 4.34. The first kappa shape index (κ1) is 14.7. The van der Waals surface area contributed by atoms with Crippen molar-refractivity contribution in [1.29, 1.82) is 0 Å². The van der Waals surface area contributed by atoms with Crippen LogP contribution in [0.5, 0.6) is 0 Å². The van der Waals surface area contributed by atoms with Crippen molar-refractivity contribution in [2.75, 3.05) is 5.32 Å². The maximum atomic E-state index is 13.1. The number of hydrogen-bond donors (Lipinski definition) is 3. The van der Waals surface area contributed by atoms with E-state index in [-0.39, 0.29) is 22.6 Å². The quantitative estimate of drug-likeness (QED) is 0.350. The predicted octanol–water partition coefficient (Wildman–Crippen LogP) is 2.22. The number of nitrogens with two attached hydrogens (primary N) is 1. The van der Waals surface area contributed by atoms with Crippen LogP contribution in [0.3, 0.4) is 0 Å². The Morgan fingerprint density at radius 3 is 2.81 bits per heavy atom. The minimum Gasteiger partial charge on any atom is -0.409 e. The maximum Gasteiger partial charge on any atom is 0.257 e. The number of nitrogens with zero attached hydrogens (tertiary/aromatic N) is 2. The number of carbonyl (C=O) groups is 1. The summed E-state index contributed by atoms with van der Waals surface area (Å²) in [7, 11) is 0. The lowest BCUT2D eigenvalue weighted by atomic mass is 10.1. The highest BCUT2D eigenvalue weighted by atomic mass is 35.5. The third-order valence-electron chi connectivity index (χ3n) is 2.58. The van der Waals surface area contributed by atoms with Crippen LogP contribution in [0, 0.1) is 5.82 Å². The average Bonchev–Trinajstić information content (AvgIpc) is 2.46. The Morgan fingerprint density at radius 2 is 2.14 bits per heavy atom. The molecule has 2 rings (SSSR count). The van der Waals surface area contributed by atoms with Gasteiger partial charge in [0.05, 0.1) is 17.4 Å². The number of carbonyl (C=O) groups excluding carboxylic acids is 1. The molecule has 8 heteroatoms. The normalized spacial score (nSPS) is 11.2. The van der Waals surface area contributed by atoms with Crippen molar-refractivity contribution in [2.45, 2.75) is 0 Å². The molecular formula is C13H10ClFN4O2. The highest BCUT2D eigenvalue weighted by Crippen LogP contribution is 2.21.